The maximum atomic E-state index is 11.8. The van der Waals surface area contributed by atoms with Gasteiger partial charge >= 0.3 is 0 Å². The second kappa shape index (κ2) is 14.9. The van der Waals surface area contributed by atoms with Gasteiger partial charge in [0.05, 0.1) is 31.5 Å². The van der Waals surface area contributed by atoms with Gasteiger partial charge in [0.25, 0.3) is 0 Å². The van der Waals surface area contributed by atoms with Crippen LogP contribution in [0.1, 0.15) is 191 Å². The van der Waals surface area contributed by atoms with Crippen molar-refractivity contribution in [2.24, 2.45) is 116 Å². The van der Waals surface area contributed by atoms with Crippen molar-refractivity contribution in [3.8, 4) is 0 Å². The van der Waals surface area contributed by atoms with E-state index in [0.717, 1.165) is 86.2 Å². The average molecular weight is 845 g/mol. The van der Waals surface area contributed by atoms with Gasteiger partial charge in [0.2, 0.25) is 0 Å². The van der Waals surface area contributed by atoms with E-state index in [1.165, 1.54) is 96.3 Å². The molecule has 0 aromatic heterocycles. The monoisotopic (exact) mass is 845 g/mol. The van der Waals surface area contributed by atoms with Gasteiger partial charge in [0.15, 0.2) is 11.6 Å². The van der Waals surface area contributed by atoms with Crippen molar-refractivity contribution in [3.63, 3.8) is 0 Å². The van der Waals surface area contributed by atoms with Gasteiger partial charge in [-0.05, 0) is 189 Å². The largest absolute Gasteiger partial charge is 0.393 e. The Labute approximate surface area is 373 Å². The van der Waals surface area contributed by atoms with E-state index >= 15 is 0 Å². The van der Waals surface area contributed by atoms with E-state index in [0.29, 0.717) is 69.7 Å². The fraction of sp³-hybridized carbons (Fsp3) is 1.00. The molecule has 0 aromatic carbocycles. The van der Waals surface area contributed by atoms with Crippen molar-refractivity contribution in [2.45, 2.75) is 221 Å². The Bertz CT molecular complexity index is 1630. The average Bonchev–Trinajstić information content (AvgIpc) is 3.89. The smallest absolute Gasteiger partial charge is 0.171 e. The third kappa shape index (κ3) is 6.18. The predicted molar refractivity (Wildman–Crippen MR) is 243 cm³/mol. The van der Waals surface area contributed by atoms with E-state index < -0.39 is 0 Å². The quantitative estimate of drug-likeness (QED) is 0.263. The van der Waals surface area contributed by atoms with Gasteiger partial charge in [-0.25, -0.2) is 0 Å². The fourth-order valence-corrected chi connectivity index (χ4v) is 20.9. The molecule has 0 amide bonds. The third-order valence-corrected chi connectivity index (χ3v) is 24.5. The molecule has 19 unspecified atom stereocenters. The molecule has 8 saturated carbocycles. The number of hydrogen-bond acceptors (Lipinski definition) is 5. The molecule has 4 aliphatic heterocycles. The summed E-state index contributed by atoms with van der Waals surface area (Å²) < 4.78 is 26.7. The fourth-order valence-electron chi connectivity index (χ4n) is 20.9. The summed E-state index contributed by atoms with van der Waals surface area (Å²) in [5, 5.41) is 11.8. The lowest BCUT2D eigenvalue weighted by Crippen LogP contribution is -2.59. The molecule has 0 bridgehead atoms. The second-order valence-electron chi connectivity index (χ2n) is 27.2. The number of aliphatic hydroxyl groups excluding tert-OH is 1. The van der Waals surface area contributed by atoms with Crippen LogP contribution in [-0.2, 0) is 18.9 Å². The molecule has 8 aliphatic carbocycles. The van der Waals surface area contributed by atoms with E-state index in [1.807, 2.05) is 0 Å². The zero-order chi connectivity index (χ0) is 42.6. The summed E-state index contributed by atoms with van der Waals surface area (Å²) >= 11 is 0. The van der Waals surface area contributed by atoms with E-state index in [4.69, 9.17) is 18.9 Å². The minimum atomic E-state index is -0.379. The molecule has 4 saturated heterocycles. The minimum Gasteiger partial charge on any atom is -0.393 e. The summed E-state index contributed by atoms with van der Waals surface area (Å²) in [6, 6.07) is 0. The Morgan fingerprint density at radius 3 is 1.44 bits per heavy atom. The van der Waals surface area contributed by atoms with Crippen LogP contribution in [0, 0.1) is 116 Å². The van der Waals surface area contributed by atoms with Gasteiger partial charge in [-0.1, -0.05) is 82.1 Å². The van der Waals surface area contributed by atoms with Crippen LogP contribution < -0.4 is 0 Å². The first kappa shape index (κ1) is 43.4. The molecular weight excluding hydrogens is 753 g/mol. The molecule has 5 nitrogen and oxygen atoms in total. The van der Waals surface area contributed by atoms with Crippen LogP contribution in [-0.4, -0.2) is 48.2 Å². The Morgan fingerprint density at radius 2 is 0.885 bits per heavy atom. The zero-order valence-corrected chi connectivity index (χ0v) is 40.9. The Kier molecular flexibility index (Phi) is 10.6. The number of ether oxygens (including phenoxy) is 4. The first-order valence-corrected chi connectivity index (χ1v) is 27.3. The molecule has 25 atom stereocenters. The first-order valence-electron chi connectivity index (χ1n) is 27.3. The van der Waals surface area contributed by atoms with Crippen molar-refractivity contribution < 1.29 is 24.1 Å². The molecule has 12 fully saturated rings. The van der Waals surface area contributed by atoms with Crippen LogP contribution in [0.2, 0.25) is 0 Å². The Balaban J connectivity index is 0.000000138. The SMILES string of the molecule is CC1CCC2(OC1)OC1CC3C4CCC5CC(C)CC[C@]5(C)C4CC(O)[C@]3(C)C1[C@@H]2C.CC1CCC2(OC1)OC1CC3C4CCC5CC(C)CC[C@]5(C)C4CC[C@]3(C)C1[C@@H]2C. The summed E-state index contributed by atoms with van der Waals surface area (Å²) in [5.74, 6) is 11.5. The summed E-state index contributed by atoms with van der Waals surface area (Å²) in [4.78, 5) is 0. The summed E-state index contributed by atoms with van der Waals surface area (Å²) in [7, 11) is 0. The molecule has 346 valence electrons. The van der Waals surface area contributed by atoms with Crippen LogP contribution in [0.4, 0.5) is 0 Å². The van der Waals surface area contributed by atoms with E-state index in [1.54, 1.807) is 0 Å². The highest BCUT2D eigenvalue weighted by atomic mass is 16.7. The van der Waals surface area contributed by atoms with E-state index in [2.05, 4.69) is 69.2 Å². The van der Waals surface area contributed by atoms with Gasteiger partial charge < -0.3 is 24.1 Å². The van der Waals surface area contributed by atoms with Gasteiger partial charge in [-0.15, -0.1) is 0 Å². The van der Waals surface area contributed by atoms with Crippen molar-refractivity contribution in [2.75, 3.05) is 13.2 Å². The van der Waals surface area contributed by atoms with Crippen LogP contribution in [0.5, 0.6) is 0 Å². The Morgan fingerprint density at radius 1 is 0.426 bits per heavy atom. The minimum absolute atomic E-state index is 0.00761. The van der Waals surface area contributed by atoms with Crippen molar-refractivity contribution in [1.29, 1.82) is 0 Å². The zero-order valence-electron chi connectivity index (χ0n) is 40.9. The maximum Gasteiger partial charge on any atom is 0.171 e. The van der Waals surface area contributed by atoms with Crippen molar-refractivity contribution in [3.05, 3.63) is 0 Å². The Hall–Kier alpha value is -0.200. The standard InChI is InChI=1S/C28H46O3.C28H46O2/c1-16-8-10-26(4)19(12-16)6-7-20-21(26)14-24(29)27(5)22(20)13-23-25(27)18(3)28(31-23)11-9-17(2)15-30-28;1-17-8-11-26(4)20(14-17)6-7-21-22(26)10-12-27(5)23(21)15-24-25(27)19(3)28(30-24)13-9-18(2)16-29-28/h16-25,29H,6-15H2,1-5H3;17-25H,6-16H2,1-5H3/t16?,17?,18-,19?,20?,21?,22?,23?,24?,25?,26-,27+,28?;17?,18?,19-,20?,21?,22?,23?,24?,25?,26-,27-,28?/m00/s1. The van der Waals surface area contributed by atoms with Crippen LogP contribution in [0.25, 0.3) is 0 Å². The van der Waals surface area contributed by atoms with Crippen LogP contribution in [0.3, 0.4) is 0 Å². The highest BCUT2D eigenvalue weighted by Gasteiger charge is 2.72. The lowest BCUT2D eigenvalue weighted by molar-refractivity contribution is -0.274. The summed E-state index contributed by atoms with van der Waals surface area (Å²) in [5.41, 5.74) is 1.55. The van der Waals surface area contributed by atoms with Gasteiger partial charge in [0, 0.05) is 36.0 Å². The highest BCUT2D eigenvalue weighted by Crippen LogP contribution is 2.73. The molecule has 1 N–H and O–H groups in total. The topological polar surface area (TPSA) is 57.2 Å². The van der Waals surface area contributed by atoms with Gasteiger partial charge in [0.1, 0.15) is 0 Å². The molecule has 5 heteroatoms. The van der Waals surface area contributed by atoms with Crippen molar-refractivity contribution in [1.82, 2.24) is 0 Å². The maximum absolute atomic E-state index is 11.8. The van der Waals surface area contributed by atoms with Crippen LogP contribution >= 0.6 is 0 Å². The molecular formula is C56H92O5. The van der Waals surface area contributed by atoms with E-state index in [9.17, 15) is 5.11 Å². The molecule has 0 aromatic rings. The molecule has 12 aliphatic rings. The molecule has 12 rings (SSSR count). The number of aliphatic hydroxyl groups is 1. The third-order valence-electron chi connectivity index (χ3n) is 24.5. The van der Waals surface area contributed by atoms with Crippen LogP contribution in [0.15, 0.2) is 0 Å². The number of rotatable bonds is 0. The molecule has 2 spiro atoms. The van der Waals surface area contributed by atoms with Gasteiger partial charge in [-0.2, -0.15) is 0 Å². The molecule has 0 radical (unpaired) electrons. The normalized spacial score (nSPS) is 62.9. The lowest BCUT2D eigenvalue weighted by atomic mass is 9.43. The predicted octanol–water partition coefficient (Wildman–Crippen LogP) is 13.1. The first-order chi connectivity index (χ1) is 29.0. The summed E-state index contributed by atoms with van der Waals surface area (Å²) in [6.45, 7) is 26.6. The number of hydrogen-bond donors (Lipinski definition) is 1. The summed E-state index contributed by atoms with van der Waals surface area (Å²) in [6.07, 6.45) is 26.1. The lowest BCUT2D eigenvalue weighted by Gasteiger charge is -2.62. The molecule has 4 heterocycles. The highest BCUT2D eigenvalue weighted by molar-refractivity contribution is 5.19. The van der Waals surface area contributed by atoms with Crippen molar-refractivity contribution >= 4 is 0 Å². The van der Waals surface area contributed by atoms with E-state index in [-0.39, 0.29) is 29.2 Å². The van der Waals surface area contributed by atoms with Gasteiger partial charge in [-0.3, -0.25) is 0 Å². The molecule has 61 heavy (non-hydrogen) atoms. The number of fused-ring (bicyclic) bond motifs is 14. The second-order valence-corrected chi connectivity index (χ2v) is 27.2.